The first-order valence-corrected chi connectivity index (χ1v) is 23.3. The normalized spacial score (nSPS) is 11.1. The van der Waals surface area contributed by atoms with Crippen molar-refractivity contribution in [2.45, 2.75) is 41.5 Å². The maximum atomic E-state index is 5.48. The van der Waals surface area contributed by atoms with Crippen LogP contribution in [0.4, 0.5) is 34.4 Å². The fraction of sp³-hybridized carbons (Fsp3) is 0.0952. The molecule has 0 aliphatic rings. The lowest BCUT2D eigenvalue weighted by Crippen LogP contribution is -2.17. The Morgan fingerprint density at radius 3 is 1.13 bits per heavy atom. The first-order valence-electron chi connectivity index (χ1n) is 23.3. The number of hydrogen-bond donors (Lipinski definition) is 0. The average Bonchev–Trinajstić information content (AvgIpc) is 3.36. The third-order valence-corrected chi connectivity index (χ3v) is 12.6. The summed E-state index contributed by atoms with van der Waals surface area (Å²) < 4.78 is 0. The van der Waals surface area contributed by atoms with Crippen molar-refractivity contribution in [3.05, 3.63) is 246 Å². The van der Waals surface area contributed by atoms with Crippen LogP contribution in [0.2, 0.25) is 0 Å². The van der Waals surface area contributed by atoms with Crippen LogP contribution in [0.5, 0.6) is 0 Å². The molecule has 0 fully saturated rings. The van der Waals surface area contributed by atoms with E-state index in [0.717, 1.165) is 61.6 Å². The van der Waals surface area contributed by atoms with E-state index < -0.39 is 0 Å². The van der Waals surface area contributed by atoms with Crippen molar-refractivity contribution in [2.24, 2.45) is 0 Å². The first kappa shape index (κ1) is 43.5. The van der Waals surface area contributed by atoms with Gasteiger partial charge in [-0.3, -0.25) is 4.90 Å². The van der Waals surface area contributed by atoms with Gasteiger partial charge in [0.25, 0.3) is 0 Å². The van der Waals surface area contributed by atoms with Gasteiger partial charge in [-0.05, 0) is 140 Å². The minimum Gasteiger partial charge on any atom is -0.309 e. The molecule has 0 radical (unpaired) electrons. The molecule has 9 aromatic carbocycles. The Bertz CT molecular complexity index is 3220. The van der Waals surface area contributed by atoms with Gasteiger partial charge in [-0.1, -0.05) is 181 Å². The Morgan fingerprint density at radius 1 is 0.279 bits per heavy atom. The van der Waals surface area contributed by atoms with E-state index in [1.807, 2.05) is 24.3 Å². The molecule has 0 N–H and O–H groups in total. The molecule has 10 aromatic rings. The van der Waals surface area contributed by atoms with Crippen molar-refractivity contribution in [1.82, 2.24) is 15.0 Å². The molecule has 0 unspecified atom stereocenters. The molecule has 0 bridgehead atoms. The van der Waals surface area contributed by atoms with Crippen LogP contribution in [0.15, 0.2) is 212 Å². The van der Waals surface area contributed by atoms with Crippen molar-refractivity contribution in [3.63, 3.8) is 0 Å². The second-order valence-corrected chi connectivity index (χ2v) is 17.7. The number of nitrogens with zero attached hydrogens (tertiary/aromatic N) is 5. The van der Waals surface area contributed by atoms with Crippen molar-refractivity contribution < 1.29 is 0 Å². The van der Waals surface area contributed by atoms with Gasteiger partial charge >= 0.3 is 0 Å². The Labute approximate surface area is 400 Å². The zero-order valence-electron chi connectivity index (χ0n) is 39.4. The molecular formula is C63H53N5. The Balaban J connectivity index is 1.24. The van der Waals surface area contributed by atoms with Gasteiger partial charge in [0, 0.05) is 22.5 Å². The number of anilines is 6. The monoisotopic (exact) mass is 879 g/mol. The van der Waals surface area contributed by atoms with Gasteiger partial charge in [0.05, 0.1) is 17.1 Å². The smallest absolute Gasteiger partial charge is 0.238 e. The molecule has 68 heavy (non-hydrogen) atoms. The highest BCUT2D eigenvalue weighted by Gasteiger charge is 2.25. The lowest BCUT2D eigenvalue weighted by molar-refractivity contribution is 1.02. The highest BCUT2D eigenvalue weighted by Crippen LogP contribution is 2.45. The summed E-state index contributed by atoms with van der Waals surface area (Å²) in [6.45, 7) is 13.2. The molecule has 5 nitrogen and oxygen atoms in total. The molecule has 0 amide bonds. The Morgan fingerprint density at radius 2 is 0.662 bits per heavy atom. The van der Waals surface area contributed by atoms with Gasteiger partial charge in [-0.25, -0.2) is 4.98 Å². The average molecular weight is 880 g/mol. The number of hydrogen-bond acceptors (Lipinski definition) is 5. The molecule has 330 valence electrons. The first-order chi connectivity index (χ1) is 33.2. The summed E-state index contributed by atoms with van der Waals surface area (Å²) >= 11 is 0. The minimum atomic E-state index is 0.501. The zero-order chi connectivity index (χ0) is 46.7. The molecule has 0 saturated carbocycles. The molecule has 1 aromatic heterocycles. The van der Waals surface area contributed by atoms with Crippen LogP contribution in [0, 0.1) is 41.5 Å². The molecular weight excluding hydrogens is 827 g/mol. The molecule has 0 atom stereocenters. The largest absolute Gasteiger partial charge is 0.309 e. The maximum absolute atomic E-state index is 5.48. The van der Waals surface area contributed by atoms with Crippen LogP contribution in [-0.4, -0.2) is 15.0 Å². The van der Waals surface area contributed by atoms with E-state index in [-0.39, 0.29) is 0 Å². The molecule has 0 aliphatic carbocycles. The molecule has 0 spiro atoms. The van der Waals surface area contributed by atoms with Gasteiger partial charge < -0.3 is 4.90 Å². The molecule has 10 rings (SSSR count). The Hall–Kier alpha value is -8.41. The predicted octanol–water partition coefficient (Wildman–Crippen LogP) is 17.0. The topological polar surface area (TPSA) is 45.2 Å². The molecule has 0 saturated heterocycles. The third-order valence-electron chi connectivity index (χ3n) is 12.6. The summed E-state index contributed by atoms with van der Waals surface area (Å²) in [7, 11) is 0. The lowest BCUT2D eigenvalue weighted by Gasteiger charge is -2.32. The van der Waals surface area contributed by atoms with Crippen molar-refractivity contribution in [1.29, 1.82) is 0 Å². The molecule has 5 heteroatoms. The molecule has 1 heterocycles. The SMILES string of the molecule is Cc1cc(C)c(N(c2ccc(N(c3cc(-c4ccccc4)cc(-c4ccccc4)c3)c3nc(-c4ccccc4)nc(-c4ccccc4-c4ccccc4)n3)cc2)c2c(C)cc(C)cc2C)c(C)c1. The van der Waals surface area contributed by atoms with E-state index in [4.69, 9.17) is 15.0 Å². The highest BCUT2D eigenvalue weighted by molar-refractivity contribution is 5.88. The summed E-state index contributed by atoms with van der Waals surface area (Å²) in [6.07, 6.45) is 0. The van der Waals surface area contributed by atoms with Crippen molar-refractivity contribution >= 4 is 34.4 Å². The van der Waals surface area contributed by atoms with E-state index >= 15 is 0 Å². The fourth-order valence-electron chi connectivity index (χ4n) is 9.73. The fourth-order valence-corrected chi connectivity index (χ4v) is 9.73. The van der Waals surface area contributed by atoms with Crippen LogP contribution >= 0.6 is 0 Å². The number of aromatic nitrogens is 3. The van der Waals surface area contributed by atoms with E-state index in [9.17, 15) is 0 Å². The van der Waals surface area contributed by atoms with Crippen LogP contribution in [-0.2, 0) is 0 Å². The van der Waals surface area contributed by atoms with E-state index in [1.54, 1.807) is 0 Å². The summed E-state index contributed by atoms with van der Waals surface area (Å²) in [4.78, 5) is 20.8. The quantitative estimate of drug-likeness (QED) is 0.130. The Kier molecular flexibility index (Phi) is 12.0. The van der Waals surface area contributed by atoms with E-state index in [0.29, 0.717) is 17.6 Å². The second-order valence-electron chi connectivity index (χ2n) is 17.7. The van der Waals surface area contributed by atoms with Crippen LogP contribution in [0.25, 0.3) is 56.2 Å². The predicted molar refractivity (Wildman–Crippen MR) is 285 cm³/mol. The van der Waals surface area contributed by atoms with Gasteiger partial charge in [0.1, 0.15) is 0 Å². The number of benzene rings is 9. The zero-order valence-corrected chi connectivity index (χ0v) is 39.4. The van der Waals surface area contributed by atoms with Gasteiger partial charge in [0.15, 0.2) is 11.6 Å². The highest BCUT2D eigenvalue weighted by atomic mass is 15.3. The summed E-state index contributed by atoms with van der Waals surface area (Å²) in [5.74, 6) is 1.67. The van der Waals surface area contributed by atoms with Gasteiger partial charge in [-0.2, -0.15) is 9.97 Å². The maximum Gasteiger partial charge on any atom is 0.238 e. The summed E-state index contributed by atoms with van der Waals surface area (Å²) in [5.41, 5.74) is 21.0. The number of rotatable bonds is 11. The minimum absolute atomic E-state index is 0.501. The summed E-state index contributed by atoms with van der Waals surface area (Å²) in [6, 6.07) is 75.0. The second kappa shape index (κ2) is 18.8. The van der Waals surface area contributed by atoms with Crippen LogP contribution in [0.3, 0.4) is 0 Å². The molecule has 0 aliphatic heterocycles. The van der Waals surface area contributed by atoms with Crippen molar-refractivity contribution in [2.75, 3.05) is 9.80 Å². The van der Waals surface area contributed by atoms with Gasteiger partial charge in [-0.15, -0.1) is 0 Å². The van der Waals surface area contributed by atoms with E-state index in [1.165, 1.54) is 44.8 Å². The van der Waals surface area contributed by atoms with E-state index in [2.05, 4.69) is 239 Å². The van der Waals surface area contributed by atoms with Crippen LogP contribution in [0.1, 0.15) is 33.4 Å². The van der Waals surface area contributed by atoms with Crippen LogP contribution < -0.4 is 9.80 Å². The standard InChI is InChI=1S/C63H53N5/c1-42-35-44(3)59(45(4)36-42)68(60-46(5)37-43(2)38-47(60)6)55-33-31-54(32-34-55)67(56-40-52(48-21-11-7-12-22-48)39-53(41-56)49-23-13-8-14-24-49)63-65-61(51-27-17-10-18-28-51)64-62(66-63)58-30-20-19-29-57(58)50-25-15-9-16-26-50/h7-41H,1-6H3. The third kappa shape index (κ3) is 8.82. The summed E-state index contributed by atoms with van der Waals surface area (Å²) in [5, 5.41) is 0. The van der Waals surface area contributed by atoms with Crippen molar-refractivity contribution in [3.8, 4) is 56.2 Å². The van der Waals surface area contributed by atoms with Gasteiger partial charge in [0.2, 0.25) is 5.95 Å². The number of aryl methyl sites for hydroxylation is 6. The lowest BCUT2D eigenvalue weighted by atomic mass is 9.97.